The van der Waals surface area contributed by atoms with Crippen molar-refractivity contribution in [2.45, 2.75) is 25.7 Å². The van der Waals surface area contributed by atoms with Gasteiger partial charge in [-0.15, -0.1) is 0 Å². The molecule has 0 aromatic heterocycles. The maximum Gasteiger partial charge on any atom is 0.335 e. The molecule has 0 saturated heterocycles. The highest BCUT2D eigenvalue weighted by Crippen LogP contribution is 2.33. The highest BCUT2D eigenvalue weighted by molar-refractivity contribution is 5.88. The molecule has 3 aromatic carbocycles. The Morgan fingerprint density at radius 1 is 0.786 bits per heavy atom. The van der Waals surface area contributed by atoms with Crippen LogP contribution in [0.5, 0.6) is 5.75 Å². The van der Waals surface area contributed by atoms with Gasteiger partial charge in [0.25, 0.3) is 0 Å². The van der Waals surface area contributed by atoms with Crippen LogP contribution in [0.1, 0.15) is 36.0 Å². The largest absolute Gasteiger partial charge is 0.494 e. The third-order valence-electron chi connectivity index (χ3n) is 5.26. The number of rotatable bonds is 8. The average Bonchev–Trinajstić information content (AvgIpc) is 3.56. The summed E-state index contributed by atoms with van der Waals surface area (Å²) in [5.74, 6) is 0.982. The van der Waals surface area contributed by atoms with Crippen LogP contribution < -0.4 is 4.74 Å². The Morgan fingerprint density at radius 3 is 1.71 bits per heavy atom. The quantitative estimate of drug-likeness (QED) is 0.473. The molecule has 0 aliphatic heterocycles. The highest BCUT2D eigenvalue weighted by Gasteiger charge is 2.20. The number of carboxylic acids is 1. The monoisotopic (exact) mass is 372 g/mol. The van der Waals surface area contributed by atoms with Crippen LogP contribution in [0.15, 0.2) is 72.8 Å². The van der Waals surface area contributed by atoms with Gasteiger partial charge in [0.15, 0.2) is 0 Å². The fourth-order valence-electron chi connectivity index (χ4n) is 3.37. The van der Waals surface area contributed by atoms with Gasteiger partial charge in [-0.3, -0.25) is 0 Å². The summed E-state index contributed by atoms with van der Waals surface area (Å²) in [6.07, 6.45) is 5.24. The fourth-order valence-corrected chi connectivity index (χ4v) is 3.37. The van der Waals surface area contributed by atoms with Crippen molar-refractivity contribution >= 4 is 5.97 Å². The van der Waals surface area contributed by atoms with Gasteiger partial charge in [0.1, 0.15) is 5.75 Å². The maximum absolute atomic E-state index is 11.0. The molecule has 3 heteroatoms. The molecule has 0 radical (unpaired) electrons. The lowest BCUT2D eigenvalue weighted by Crippen LogP contribution is -1.97. The number of ether oxygens (including phenoxy) is 1. The van der Waals surface area contributed by atoms with E-state index in [0.717, 1.165) is 46.9 Å². The minimum atomic E-state index is -0.905. The van der Waals surface area contributed by atoms with Crippen molar-refractivity contribution < 1.29 is 14.6 Å². The van der Waals surface area contributed by atoms with Gasteiger partial charge in [-0.2, -0.15) is 0 Å². The van der Waals surface area contributed by atoms with Crippen LogP contribution in [0.25, 0.3) is 22.3 Å². The lowest BCUT2D eigenvalue weighted by atomic mass is 9.99. The third-order valence-corrected chi connectivity index (χ3v) is 5.26. The average molecular weight is 372 g/mol. The first-order chi connectivity index (χ1) is 13.7. The van der Waals surface area contributed by atoms with E-state index in [0.29, 0.717) is 5.56 Å². The zero-order chi connectivity index (χ0) is 19.3. The first-order valence-corrected chi connectivity index (χ1v) is 9.86. The Labute approximate surface area is 165 Å². The van der Waals surface area contributed by atoms with Gasteiger partial charge >= 0.3 is 5.97 Å². The van der Waals surface area contributed by atoms with Gasteiger partial charge in [0.2, 0.25) is 0 Å². The number of carbonyl (C=O) groups is 1. The molecular weight excluding hydrogens is 348 g/mol. The van der Waals surface area contributed by atoms with Crippen LogP contribution in [0.3, 0.4) is 0 Å². The molecule has 1 aliphatic rings. The molecule has 1 saturated carbocycles. The molecule has 3 aromatic rings. The molecule has 28 heavy (non-hydrogen) atoms. The Kier molecular flexibility index (Phi) is 5.43. The van der Waals surface area contributed by atoms with Crippen molar-refractivity contribution in [2.75, 3.05) is 6.61 Å². The van der Waals surface area contributed by atoms with E-state index in [-0.39, 0.29) is 0 Å². The van der Waals surface area contributed by atoms with Crippen LogP contribution in [-0.4, -0.2) is 17.7 Å². The smallest absolute Gasteiger partial charge is 0.335 e. The van der Waals surface area contributed by atoms with Crippen LogP contribution in [-0.2, 0) is 0 Å². The molecule has 0 bridgehead atoms. The van der Waals surface area contributed by atoms with Crippen LogP contribution in [0.2, 0.25) is 0 Å². The molecule has 0 amide bonds. The van der Waals surface area contributed by atoms with E-state index in [1.165, 1.54) is 19.3 Å². The van der Waals surface area contributed by atoms with E-state index >= 15 is 0 Å². The first kappa shape index (κ1) is 18.3. The Hall–Kier alpha value is -3.07. The predicted octanol–water partition coefficient (Wildman–Crippen LogP) is 6.29. The summed E-state index contributed by atoms with van der Waals surface area (Å²) in [6.45, 7) is 0.797. The van der Waals surface area contributed by atoms with Crippen LogP contribution in [0.4, 0.5) is 0 Å². The summed E-state index contributed by atoms with van der Waals surface area (Å²) >= 11 is 0. The molecule has 142 valence electrons. The molecule has 0 atom stereocenters. The predicted molar refractivity (Wildman–Crippen MR) is 112 cm³/mol. The molecule has 4 rings (SSSR count). The topological polar surface area (TPSA) is 46.5 Å². The fraction of sp³-hybridized carbons (Fsp3) is 0.240. The van der Waals surface area contributed by atoms with Crippen molar-refractivity contribution in [3.8, 4) is 28.0 Å². The van der Waals surface area contributed by atoms with Crippen molar-refractivity contribution in [1.82, 2.24) is 0 Å². The molecule has 1 N–H and O–H groups in total. The SMILES string of the molecule is O=C(O)c1ccc(-c2ccc(-c3ccc(OCCCC4CC4)cc3)cc2)cc1. The Morgan fingerprint density at radius 2 is 1.25 bits per heavy atom. The molecule has 1 aliphatic carbocycles. The lowest BCUT2D eigenvalue weighted by Gasteiger charge is -2.08. The number of benzene rings is 3. The summed E-state index contributed by atoms with van der Waals surface area (Å²) in [7, 11) is 0. The summed E-state index contributed by atoms with van der Waals surface area (Å²) in [5.41, 5.74) is 4.67. The van der Waals surface area contributed by atoms with E-state index in [1.54, 1.807) is 12.1 Å². The highest BCUT2D eigenvalue weighted by atomic mass is 16.5. The molecular formula is C25H24O3. The molecule has 1 fully saturated rings. The van der Waals surface area contributed by atoms with Gasteiger partial charge < -0.3 is 9.84 Å². The summed E-state index contributed by atoms with van der Waals surface area (Å²) < 4.78 is 5.84. The minimum absolute atomic E-state index is 0.301. The van der Waals surface area contributed by atoms with Gasteiger partial charge in [0, 0.05) is 0 Å². The first-order valence-electron chi connectivity index (χ1n) is 9.86. The van der Waals surface area contributed by atoms with Crippen molar-refractivity contribution in [3.05, 3.63) is 78.4 Å². The van der Waals surface area contributed by atoms with Gasteiger partial charge in [0.05, 0.1) is 12.2 Å². The van der Waals surface area contributed by atoms with E-state index in [9.17, 15) is 4.79 Å². The maximum atomic E-state index is 11.0. The standard InChI is InChI=1S/C25H24O3/c26-25(27)23-11-9-21(10-12-23)19-5-7-20(8-6-19)22-13-15-24(16-14-22)28-17-1-2-18-3-4-18/h5-16,18H,1-4,17H2,(H,26,27). The third kappa shape index (κ3) is 4.61. The second kappa shape index (κ2) is 8.30. The number of hydrogen-bond donors (Lipinski definition) is 1. The van der Waals surface area contributed by atoms with Gasteiger partial charge in [-0.1, -0.05) is 61.4 Å². The minimum Gasteiger partial charge on any atom is -0.494 e. The molecule has 0 spiro atoms. The number of hydrogen-bond acceptors (Lipinski definition) is 2. The second-order valence-electron chi connectivity index (χ2n) is 7.42. The normalized spacial score (nSPS) is 13.3. The van der Waals surface area contributed by atoms with E-state index in [2.05, 4.69) is 36.4 Å². The lowest BCUT2D eigenvalue weighted by molar-refractivity contribution is 0.0697. The summed E-state index contributed by atoms with van der Waals surface area (Å²) in [4.78, 5) is 11.0. The van der Waals surface area contributed by atoms with Crippen LogP contribution >= 0.6 is 0 Å². The van der Waals surface area contributed by atoms with E-state index < -0.39 is 5.97 Å². The van der Waals surface area contributed by atoms with Gasteiger partial charge in [-0.25, -0.2) is 4.79 Å². The zero-order valence-electron chi connectivity index (χ0n) is 15.8. The summed E-state index contributed by atoms with van der Waals surface area (Å²) in [5, 5.41) is 9.00. The molecule has 0 heterocycles. The van der Waals surface area contributed by atoms with E-state index in [1.807, 2.05) is 24.3 Å². The molecule has 3 nitrogen and oxygen atoms in total. The van der Waals surface area contributed by atoms with Crippen molar-refractivity contribution in [2.24, 2.45) is 5.92 Å². The Bertz CT molecular complexity index is 921. The van der Waals surface area contributed by atoms with Crippen molar-refractivity contribution in [1.29, 1.82) is 0 Å². The van der Waals surface area contributed by atoms with Crippen molar-refractivity contribution in [3.63, 3.8) is 0 Å². The van der Waals surface area contributed by atoms with Crippen LogP contribution in [0, 0.1) is 5.92 Å². The molecule has 0 unspecified atom stereocenters. The number of aromatic carboxylic acids is 1. The number of carboxylic acid groups (broad SMARTS) is 1. The summed E-state index contributed by atoms with van der Waals surface area (Å²) in [6, 6.07) is 23.5. The van der Waals surface area contributed by atoms with Gasteiger partial charge in [-0.05, 0) is 65.3 Å². The Balaban J connectivity index is 1.38. The zero-order valence-corrected chi connectivity index (χ0v) is 15.8. The second-order valence-corrected chi connectivity index (χ2v) is 7.42. The van der Waals surface area contributed by atoms with E-state index in [4.69, 9.17) is 9.84 Å².